The summed E-state index contributed by atoms with van der Waals surface area (Å²) in [6, 6.07) is 13.4. The third-order valence-corrected chi connectivity index (χ3v) is 6.16. The summed E-state index contributed by atoms with van der Waals surface area (Å²) < 4.78 is 5.21. The Kier molecular flexibility index (Phi) is 4.94. The SMILES string of the molecule is Cc1cc(-c2c(O)c3cc(-c4ccc(N5CCCCC5)cc4)c(Cl)cc3[nH]c2=O)on1. The Morgan fingerprint density at radius 3 is 2.52 bits per heavy atom. The lowest BCUT2D eigenvalue weighted by Crippen LogP contribution is -2.29. The minimum Gasteiger partial charge on any atom is -0.506 e. The number of benzene rings is 2. The Bertz CT molecular complexity index is 1320. The van der Waals surface area contributed by atoms with E-state index in [0.717, 1.165) is 24.2 Å². The molecular weight excluding hydrogens is 414 g/mol. The van der Waals surface area contributed by atoms with Crippen LogP contribution in [0.1, 0.15) is 25.0 Å². The lowest BCUT2D eigenvalue weighted by atomic mass is 10.0. The second kappa shape index (κ2) is 7.78. The van der Waals surface area contributed by atoms with E-state index in [1.165, 1.54) is 24.9 Å². The van der Waals surface area contributed by atoms with Gasteiger partial charge in [0.15, 0.2) is 5.76 Å². The summed E-state index contributed by atoms with van der Waals surface area (Å²) in [4.78, 5) is 17.8. The van der Waals surface area contributed by atoms with E-state index in [1.807, 2.05) is 12.1 Å². The van der Waals surface area contributed by atoms with Crippen molar-refractivity contribution in [2.24, 2.45) is 0 Å². The van der Waals surface area contributed by atoms with Crippen LogP contribution in [0.5, 0.6) is 5.75 Å². The molecule has 4 aromatic rings. The van der Waals surface area contributed by atoms with Gasteiger partial charge in [-0.3, -0.25) is 4.79 Å². The van der Waals surface area contributed by atoms with Crippen LogP contribution in [0.2, 0.25) is 5.02 Å². The van der Waals surface area contributed by atoms with E-state index in [4.69, 9.17) is 16.1 Å². The van der Waals surface area contributed by atoms with Gasteiger partial charge in [-0.05, 0) is 56.0 Å². The number of halogens is 1. The van der Waals surface area contributed by atoms with Crippen LogP contribution in [0.3, 0.4) is 0 Å². The average Bonchev–Trinajstić information content (AvgIpc) is 3.20. The van der Waals surface area contributed by atoms with Gasteiger partial charge in [0.05, 0.1) is 16.2 Å². The van der Waals surface area contributed by atoms with Gasteiger partial charge in [0.2, 0.25) is 0 Å². The highest BCUT2D eigenvalue weighted by atomic mass is 35.5. The van der Waals surface area contributed by atoms with Gasteiger partial charge in [0.1, 0.15) is 11.3 Å². The molecule has 0 spiro atoms. The van der Waals surface area contributed by atoms with Crippen LogP contribution >= 0.6 is 11.6 Å². The predicted molar refractivity (Wildman–Crippen MR) is 123 cm³/mol. The Hall–Kier alpha value is -3.25. The second-order valence-corrected chi connectivity index (χ2v) is 8.39. The number of aromatic hydroxyl groups is 1. The fourth-order valence-electron chi connectivity index (χ4n) is 4.23. The first-order valence-corrected chi connectivity index (χ1v) is 10.8. The molecule has 6 nitrogen and oxygen atoms in total. The van der Waals surface area contributed by atoms with Crippen molar-refractivity contribution >= 4 is 28.2 Å². The number of fused-ring (bicyclic) bond motifs is 1. The number of nitrogens with one attached hydrogen (secondary N) is 1. The van der Waals surface area contributed by atoms with Gasteiger partial charge < -0.3 is 19.5 Å². The molecule has 0 aliphatic carbocycles. The molecule has 5 rings (SSSR count). The van der Waals surface area contributed by atoms with Gasteiger partial charge in [-0.2, -0.15) is 0 Å². The zero-order chi connectivity index (χ0) is 21.5. The van der Waals surface area contributed by atoms with Gasteiger partial charge in [0, 0.05) is 35.8 Å². The Morgan fingerprint density at radius 2 is 1.84 bits per heavy atom. The minimum absolute atomic E-state index is 0.0572. The van der Waals surface area contributed by atoms with Crippen molar-refractivity contribution < 1.29 is 9.63 Å². The molecule has 0 amide bonds. The van der Waals surface area contributed by atoms with E-state index < -0.39 is 5.56 Å². The number of aromatic nitrogens is 2. The number of aromatic amines is 1. The quantitative estimate of drug-likeness (QED) is 0.443. The van der Waals surface area contributed by atoms with Crippen LogP contribution in [0, 0.1) is 6.92 Å². The summed E-state index contributed by atoms with van der Waals surface area (Å²) in [5.41, 5.74) is 3.60. The van der Waals surface area contributed by atoms with E-state index >= 15 is 0 Å². The van der Waals surface area contributed by atoms with E-state index in [9.17, 15) is 9.90 Å². The summed E-state index contributed by atoms with van der Waals surface area (Å²) in [6.07, 6.45) is 3.74. The fraction of sp³-hybridized carbons (Fsp3) is 0.250. The highest BCUT2D eigenvalue weighted by Crippen LogP contribution is 2.38. The summed E-state index contributed by atoms with van der Waals surface area (Å²) in [5, 5.41) is 15.7. The van der Waals surface area contributed by atoms with Crippen LogP contribution in [0.25, 0.3) is 33.4 Å². The Balaban J connectivity index is 1.59. The number of hydrogen-bond acceptors (Lipinski definition) is 5. The third-order valence-electron chi connectivity index (χ3n) is 5.85. The standard InChI is InChI=1S/C24H22ClN3O3/c1-14-11-21(31-27-14)22-23(29)18-12-17(19(25)13-20(18)26-24(22)30)15-5-7-16(8-6-15)28-9-3-2-4-10-28/h5-8,11-13H,2-4,9-10H2,1H3,(H2,26,29,30). The maximum atomic E-state index is 12.6. The molecule has 0 atom stereocenters. The number of piperidine rings is 1. The Morgan fingerprint density at radius 1 is 1.10 bits per heavy atom. The topological polar surface area (TPSA) is 82.4 Å². The summed E-state index contributed by atoms with van der Waals surface area (Å²) in [6.45, 7) is 3.92. The fourth-order valence-corrected chi connectivity index (χ4v) is 4.51. The molecule has 1 saturated heterocycles. The molecule has 31 heavy (non-hydrogen) atoms. The van der Waals surface area contributed by atoms with Gasteiger partial charge >= 0.3 is 0 Å². The van der Waals surface area contributed by atoms with E-state index in [0.29, 0.717) is 21.6 Å². The zero-order valence-corrected chi connectivity index (χ0v) is 17.9. The van der Waals surface area contributed by atoms with Crippen molar-refractivity contribution in [1.82, 2.24) is 10.1 Å². The second-order valence-electron chi connectivity index (χ2n) is 7.98. The van der Waals surface area contributed by atoms with Gasteiger partial charge in [-0.15, -0.1) is 0 Å². The predicted octanol–water partition coefficient (Wildman–Crippen LogP) is 5.51. The number of rotatable bonds is 3. The molecule has 1 aliphatic rings. The number of H-pyrrole nitrogens is 1. The minimum atomic E-state index is -0.462. The van der Waals surface area contributed by atoms with Gasteiger partial charge in [-0.1, -0.05) is 28.9 Å². The van der Waals surface area contributed by atoms with E-state index in [-0.39, 0.29) is 17.1 Å². The van der Waals surface area contributed by atoms with Crippen molar-refractivity contribution in [1.29, 1.82) is 0 Å². The van der Waals surface area contributed by atoms with Crippen LogP contribution in [-0.4, -0.2) is 28.3 Å². The third kappa shape index (κ3) is 3.57. The highest BCUT2D eigenvalue weighted by Gasteiger charge is 2.19. The Labute approximate surface area is 184 Å². The molecule has 7 heteroatoms. The summed E-state index contributed by atoms with van der Waals surface area (Å²) in [7, 11) is 0. The molecule has 2 N–H and O–H groups in total. The molecule has 3 heterocycles. The van der Waals surface area contributed by atoms with Gasteiger partial charge in [-0.25, -0.2) is 0 Å². The molecule has 0 radical (unpaired) electrons. The smallest absolute Gasteiger partial charge is 0.263 e. The lowest BCUT2D eigenvalue weighted by Gasteiger charge is -2.28. The maximum absolute atomic E-state index is 12.6. The number of pyridine rings is 1. The largest absolute Gasteiger partial charge is 0.506 e. The normalized spacial score (nSPS) is 14.3. The zero-order valence-electron chi connectivity index (χ0n) is 17.1. The van der Waals surface area contributed by atoms with Crippen LogP contribution in [-0.2, 0) is 0 Å². The van der Waals surface area contributed by atoms with Crippen LogP contribution < -0.4 is 10.5 Å². The van der Waals surface area contributed by atoms with E-state index in [2.05, 4.69) is 27.2 Å². The van der Waals surface area contributed by atoms with Crippen molar-refractivity contribution in [2.75, 3.05) is 18.0 Å². The summed E-state index contributed by atoms with van der Waals surface area (Å²) >= 11 is 6.55. The first-order chi connectivity index (χ1) is 15.0. The first kappa shape index (κ1) is 19.7. The monoisotopic (exact) mass is 435 g/mol. The number of anilines is 1. The number of nitrogens with zero attached hydrogens (tertiary/aromatic N) is 2. The highest BCUT2D eigenvalue weighted by molar-refractivity contribution is 6.34. The molecular formula is C24H22ClN3O3. The molecule has 0 bridgehead atoms. The molecule has 1 fully saturated rings. The number of aryl methyl sites for hydroxylation is 1. The molecule has 158 valence electrons. The van der Waals surface area contributed by atoms with Crippen molar-refractivity contribution in [2.45, 2.75) is 26.2 Å². The molecule has 2 aromatic heterocycles. The van der Waals surface area contributed by atoms with Crippen molar-refractivity contribution in [3.63, 3.8) is 0 Å². The van der Waals surface area contributed by atoms with Crippen molar-refractivity contribution in [3.8, 4) is 28.2 Å². The van der Waals surface area contributed by atoms with Crippen LogP contribution in [0.4, 0.5) is 5.69 Å². The summed E-state index contributed by atoms with van der Waals surface area (Å²) in [5.74, 6) is 0.0679. The van der Waals surface area contributed by atoms with Crippen LogP contribution in [0.15, 0.2) is 51.8 Å². The van der Waals surface area contributed by atoms with Gasteiger partial charge in [0.25, 0.3) is 5.56 Å². The lowest BCUT2D eigenvalue weighted by molar-refractivity contribution is 0.421. The molecule has 0 saturated carbocycles. The molecule has 1 aliphatic heterocycles. The number of hydrogen-bond donors (Lipinski definition) is 2. The molecule has 2 aromatic carbocycles. The average molecular weight is 436 g/mol. The molecule has 0 unspecified atom stereocenters. The van der Waals surface area contributed by atoms with Crippen molar-refractivity contribution in [3.05, 3.63) is 63.5 Å². The first-order valence-electron chi connectivity index (χ1n) is 10.4. The maximum Gasteiger partial charge on any atom is 0.263 e. The van der Waals surface area contributed by atoms with E-state index in [1.54, 1.807) is 25.1 Å².